The molecule has 0 atom stereocenters. The monoisotopic (exact) mass is 199 g/mol. The quantitative estimate of drug-likeness (QED) is 0.419. The van der Waals surface area contributed by atoms with Crippen molar-refractivity contribution < 1.29 is 5.21 Å². The fraction of sp³-hybridized carbons (Fsp3) is 0.300. The Hall–Kier alpha value is -1.02. The number of rotatable bonds is 1. The average molecular weight is 200 g/mol. The van der Waals surface area contributed by atoms with Crippen LogP contribution in [0.25, 0.3) is 0 Å². The zero-order chi connectivity index (χ0) is 10.3. The van der Waals surface area contributed by atoms with Crippen LogP contribution in [0.2, 0.25) is 5.02 Å². The lowest BCUT2D eigenvalue weighted by Gasteiger charge is -1.96. The molecule has 0 fully saturated rings. The lowest BCUT2D eigenvalue weighted by atomic mass is 10.1. The number of hydrogen-bond donors (Lipinski definition) is 1. The van der Waals surface area contributed by atoms with Crippen LogP contribution in [0.5, 0.6) is 0 Å². The maximum Gasteiger partial charge on any atom is 0.0836 e. The molecule has 0 saturated heterocycles. The van der Waals surface area contributed by atoms with E-state index in [4.69, 9.17) is 16.8 Å². The molecular formula is C10H14ClNO. The van der Waals surface area contributed by atoms with Crippen LogP contribution in [-0.4, -0.2) is 10.9 Å². The lowest BCUT2D eigenvalue weighted by Crippen LogP contribution is -1.92. The highest BCUT2D eigenvalue weighted by molar-refractivity contribution is 6.30. The van der Waals surface area contributed by atoms with Gasteiger partial charge < -0.3 is 5.21 Å². The molecule has 1 aromatic carbocycles. The molecule has 0 aromatic heterocycles. The minimum absolute atomic E-state index is 0.585. The first-order chi connectivity index (χ1) is 6.24. The van der Waals surface area contributed by atoms with Gasteiger partial charge >= 0.3 is 0 Å². The van der Waals surface area contributed by atoms with Crippen LogP contribution in [0.3, 0.4) is 0 Å². The zero-order valence-corrected chi connectivity index (χ0v) is 8.84. The van der Waals surface area contributed by atoms with Gasteiger partial charge in [-0.3, -0.25) is 0 Å². The van der Waals surface area contributed by atoms with Gasteiger partial charge in [0.1, 0.15) is 0 Å². The number of halogens is 1. The minimum atomic E-state index is 0.585. The van der Waals surface area contributed by atoms with Crippen LogP contribution >= 0.6 is 11.6 Å². The second-order valence-electron chi connectivity index (χ2n) is 2.19. The Kier molecular flexibility index (Phi) is 5.98. The fourth-order valence-corrected chi connectivity index (χ4v) is 0.875. The highest BCUT2D eigenvalue weighted by Crippen LogP contribution is 2.09. The molecule has 0 bridgehead atoms. The van der Waals surface area contributed by atoms with Crippen molar-refractivity contribution in [3.63, 3.8) is 0 Å². The number of oxime groups is 1. The summed E-state index contributed by atoms with van der Waals surface area (Å²) in [6.45, 7) is 5.73. The van der Waals surface area contributed by atoms with E-state index in [-0.39, 0.29) is 0 Å². The van der Waals surface area contributed by atoms with E-state index in [2.05, 4.69) is 5.16 Å². The molecule has 0 saturated carbocycles. The van der Waals surface area contributed by atoms with E-state index in [0.29, 0.717) is 10.7 Å². The third kappa shape index (κ3) is 3.95. The number of nitrogens with zero attached hydrogens (tertiary/aromatic N) is 1. The Morgan fingerprint density at radius 3 is 2.08 bits per heavy atom. The number of hydrogen-bond acceptors (Lipinski definition) is 2. The van der Waals surface area contributed by atoms with Gasteiger partial charge in [-0.2, -0.15) is 0 Å². The van der Waals surface area contributed by atoms with E-state index in [0.717, 1.165) is 5.56 Å². The van der Waals surface area contributed by atoms with Crippen molar-refractivity contribution in [1.82, 2.24) is 0 Å². The molecule has 0 aliphatic carbocycles. The highest BCUT2D eigenvalue weighted by Gasteiger charge is 1.95. The first-order valence-electron chi connectivity index (χ1n) is 4.18. The summed E-state index contributed by atoms with van der Waals surface area (Å²) in [4.78, 5) is 0. The smallest absolute Gasteiger partial charge is 0.0836 e. The molecule has 3 heteroatoms. The molecule has 1 rings (SSSR count). The van der Waals surface area contributed by atoms with Crippen LogP contribution in [0, 0.1) is 0 Å². The van der Waals surface area contributed by atoms with Crippen LogP contribution in [-0.2, 0) is 0 Å². The normalized spacial score (nSPS) is 10.3. The van der Waals surface area contributed by atoms with Crippen LogP contribution in [0.4, 0.5) is 0 Å². The van der Waals surface area contributed by atoms with Gasteiger partial charge in [-0.05, 0) is 24.6 Å². The fourth-order valence-electron chi connectivity index (χ4n) is 0.749. The molecule has 0 amide bonds. The van der Waals surface area contributed by atoms with Gasteiger partial charge in [0.2, 0.25) is 0 Å². The van der Waals surface area contributed by atoms with Crippen molar-refractivity contribution in [1.29, 1.82) is 0 Å². The van der Waals surface area contributed by atoms with Crippen LogP contribution < -0.4 is 0 Å². The second kappa shape index (κ2) is 6.49. The van der Waals surface area contributed by atoms with Gasteiger partial charge in [-0.15, -0.1) is 0 Å². The van der Waals surface area contributed by atoms with E-state index >= 15 is 0 Å². The van der Waals surface area contributed by atoms with E-state index in [9.17, 15) is 0 Å². The van der Waals surface area contributed by atoms with Gasteiger partial charge in [0.15, 0.2) is 0 Å². The van der Waals surface area contributed by atoms with Gasteiger partial charge in [0.25, 0.3) is 0 Å². The molecule has 2 nitrogen and oxygen atoms in total. The molecule has 0 unspecified atom stereocenters. The molecule has 13 heavy (non-hydrogen) atoms. The molecule has 1 aromatic rings. The molecule has 0 aliphatic rings. The summed E-state index contributed by atoms with van der Waals surface area (Å²) in [6, 6.07) is 7.12. The summed E-state index contributed by atoms with van der Waals surface area (Å²) in [5.74, 6) is 0. The summed E-state index contributed by atoms with van der Waals surface area (Å²) in [5.41, 5.74) is 1.46. The highest BCUT2D eigenvalue weighted by atomic mass is 35.5. The summed E-state index contributed by atoms with van der Waals surface area (Å²) < 4.78 is 0. The lowest BCUT2D eigenvalue weighted by molar-refractivity contribution is 0.319. The van der Waals surface area contributed by atoms with E-state index in [1.54, 1.807) is 31.2 Å². The standard InChI is InChI=1S/C8H8ClNO.C2H6/c1-6(10-11)7-2-4-8(9)5-3-7;1-2/h2-5,11H,1H3;1-2H3/b10-6+;. The Morgan fingerprint density at radius 1 is 1.23 bits per heavy atom. The Bertz CT molecular complexity index is 267. The molecule has 1 N–H and O–H groups in total. The third-order valence-electron chi connectivity index (χ3n) is 1.41. The van der Waals surface area contributed by atoms with Crippen LogP contribution in [0.15, 0.2) is 29.4 Å². The predicted octanol–water partition coefficient (Wildman–Crippen LogP) is 3.56. The first-order valence-corrected chi connectivity index (χ1v) is 4.56. The maximum atomic E-state index is 8.41. The van der Waals surface area contributed by atoms with Crippen LogP contribution in [0.1, 0.15) is 26.3 Å². The molecular weight excluding hydrogens is 186 g/mol. The largest absolute Gasteiger partial charge is 0.411 e. The molecule has 72 valence electrons. The summed E-state index contributed by atoms with van der Waals surface area (Å²) >= 11 is 5.66. The molecule has 0 radical (unpaired) electrons. The average Bonchev–Trinajstić information content (AvgIpc) is 2.21. The van der Waals surface area contributed by atoms with Crippen molar-refractivity contribution in [3.8, 4) is 0 Å². The maximum absolute atomic E-state index is 8.41. The Labute approximate surface area is 83.8 Å². The van der Waals surface area contributed by atoms with Gasteiger partial charge in [-0.1, -0.05) is 42.7 Å². The predicted molar refractivity (Wildman–Crippen MR) is 56.8 cm³/mol. The molecule has 0 aliphatic heterocycles. The summed E-state index contributed by atoms with van der Waals surface area (Å²) in [5, 5.41) is 12.2. The van der Waals surface area contributed by atoms with Crippen molar-refractivity contribution >= 4 is 17.3 Å². The van der Waals surface area contributed by atoms with Crippen molar-refractivity contribution in [2.24, 2.45) is 5.16 Å². The molecule has 0 spiro atoms. The second-order valence-corrected chi connectivity index (χ2v) is 2.63. The summed E-state index contributed by atoms with van der Waals surface area (Å²) in [6.07, 6.45) is 0. The Morgan fingerprint density at radius 2 is 1.69 bits per heavy atom. The SMILES string of the molecule is C/C(=N\O)c1ccc(Cl)cc1.CC. The Balaban J connectivity index is 0.000000671. The van der Waals surface area contributed by atoms with E-state index < -0.39 is 0 Å². The number of benzene rings is 1. The topological polar surface area (TPSA) is 32.6 Å². The zero-order valence-electron chi connectivity index (χ0n) is 8.08. The minimum Gasteiger partial charge on any atom is -0.411 e. The van der Waals surface area contributed by atoms with Gasteiger partial charge in [0, 0.05) is 5.02 Å². The van der Waals surface area contributed by atoms with Crippen molar-refractivity contribution in [2.45, 2.75) is 20.8 Å². The van der Waals surface area contributed by atoms with Crippen molar-refractivity contribution in [2.75, 3.05) is 0 Å². The van der Waals surface area contributed by atoms with Gasteiger partial charge in [-0.25, -0.2) is 0 Å². The summed E-state index contributed by atoms with van der Waals surface area (Å²) in [7, 11) is 0. The molecule has 0 heterocycles. The van der Waals surface area contributed by atoms with E-state index in [1.165, 1.54) is 0 Å². The third-order valence-corrected chi connectivity index (χ3v) is 1.66. The van der Waals surface area contributed by atoms with Gasteiger partial charge in [0.05, 0.1) is 5.71 Å². The van der Waals surface area contributed by atoms with E-state index in [1.807, 2.05) is 13.8 Å². The first kappa shape index (κ1) is 12.0. The van der Waals surface area contributed by atoms with Crippen molar-refractivity contribution in [3.05, 3.63) is 34.9 Å².